The van der Waals surface area contributed by atoms with Crippen LogP contribution in [-0.2, 0) is 9.53 Å². The zero-order valence-electron chi connectivity index (χ0n) is 23.3. The Hall–Kier alpha value is -1.75. The molecule has 5 aliphatic rings. The highest BCUT2D eigenvalue weighted by molar-refractivity contribution is 5.87. The minimum absolute atomic E-state index is 0.0234. The van der Waals surface area contributed by atoms with Crippen molar-refractivity contribution in [2.75, 3.05) is 32.8 Å². The first-order valence-electron chi connectivity index (χ1n) is 14.8. The summed E-state index contributed by atoms with van der Waals surface area (Å²) in [4.78, 5) is 32.4. The monoisotopic (exact) mass is 534 g/mol. The first-order valence-corrected chi connectivity index (χ1v) is 14.8. The Morgan fingerprint density at radius 2 is 2.00 bits per heavy atom. The molecule has 0 spiro atoms. The van der Waals surface area contributed by atoms with Gasteiger partial charge in [-0.05, 0) is 57.1 Å². The fourth-order valence-corrected chi connectivity index (χ4v) is 7.71. The largest absolute Gasteiger partial charge is 0.360 e. The van der Waals surface area contributed by atoms with Crippen molar-refractivity contribution in [1.29, 1.82) is 0 Å². The number of piperidine rings is 2. The van der Waals surface area contributed by atoms with Crippen molar-refractivity contribution in [3.8, 4) is 0 Å². The van der Waals surface area contributed by atoms with E-state index in [-0.39, 0.29) is 48.3 Å². The fraction of sp³-hybridized carbons (Fsp3) is 0.857. The fourth-order valence-electron chi connectivity index (χ4n) is 7.71. The third-order valence-electron chi connectivity index (χ3n) is 9.60. The van der Waals surface area contributed by atoms with E-state index in [4.69, 9.17) is 4.74 Å². The van der Waals surface area contributed by atoms with E-state index in [0.717, 1.165) is 38.6 Å². The summed E-state index contributed by atoms with van der Waals surface area (Å²) in [5, 5.41) is 10.6. The van der Waals surface area contributed by atoms with Crippen LogP contribution < -0.4 is 16.0 Å². The molecule has 9 atom stereocenters. The van der Waals surface area contributed by atoms with Crippen LogP contribution in [0.2, 0.25) is 0 Å². The van der Waals surface area contributed by atoms with Crippen molar-refractivity contribution in [3.05, 3.63) is 12.7 Å². The first-order chi connectivity index (χ1) is 18.3. The molecule has 0 saturated carbocycles. The van der Waals surface area contributed by atoms with Gasteiger partial charge in [-0.25, -0.2) is 9.18 Å². The van der Waals surface area contributed by atoms with Gasteiger partial charge in [-0.3, -0.25) is 15.0 Å². The molecule has 9 nitrogen and oxygen atoms in total. The summed E-state index contributed by atoms with van der Waals surface area (Å²) < 4.78 is 21.7. The third-order valence-corrected chi connectivity index (χ3v) is 9.60. The van der Waals surface area contributed by atoms with Gasteiger partial charge < -0.3 is 25.2 Å². The number of halogens is 1. The molecule has 5 heterocycles. The molecule has 8 unspecified atom stereocenters. The molecule has 10 heteroatoms. The molecule has 0 aromatic heterocycles. The molecular formula is C28H47FN6O3. The number of nitrogens with one attached hydrogen (secondary N) is 3. The normalized spacial score (nSPS) is 41.0. The van der Waals surface area contributed by atoms with Gasteiger partial charge in [-0.15, -0.1) is 0 Å². The summed E-state index contributed by atoms with van der Waals surface area (Å²) in [5.41, 5.74) is 0. The van der Waals surface area contributed by atoms with E-state index >= 15 is 4.39 Å². The number of alkyl halides is 1. The van der Waals surface area contributed by atoms with E-state index in [1.807, 2.05) is 4.90 Å². The molecule has 3 amide bonds. The maximum absolute atomic E-state index is 15.6. The molecule has 0 aromatic rings. The molecule has 214 valence electrons. The molecule has 0 aromatic carbocycles. The van der Waals surface area contributed by atoms with Gasteiger partial charge in [-0.1, -0.05) is 33.3 Å². The van der Waals surface area contributed by atoms with Crippen LogP contribution in [0.3, 0.4) is 0 Å². The lowest BCUT2D eigenvalue weighted by Crippen LogP contribution is -2.79. The molecule has 0 radical (unpaired) electrons. The van der Waals surface area contributed by atoms with Crippen LogP contribution in [-0.4, -0.2) is 102 Å². The average Bonchev–Trinajstić information content (AvgIpc) is 2.89. The number of carbonyl (C=O) groups excluding carboxylic acids is 2. The third kappa shape index (κ3) is 5.33. The van der Waals surface area contributed by atoms with Crippen LogP contribution in [0.4, 0.5) is 9.18 Å². The quantitative estimate of drug-likeness (QED) is 0.482. The van der Waals surface area contributed by atoms with Crippen LogP contribution in [0, 0.1) is 17.8 Å². The van der Waals surface area contributed by atoms with Crippen molar-refractivity contribution in [2.45, 2.75) is 102 Å². The lowest BCUT2D eigenvalue weighted by Gasteiger charge is -2.59. The van der Waals surface area contributed by atoms with E-state index < -0.39 is 12.4 Å². The summed E-state index contributed by atoms with van der Waals surface area (Å²) in [5.74, 6) is 0.542. The molecule has 3 N–H and O–H groups in total. The van der Waals surface area contributed by atoms with Gasteiger partial charge in [0.1, 0.15) is 12.4 Å². The second-order valence-electron chi connectivity index (χ2n) is 12.3. The Morgan fingerprint density at radius 1 is 1.18 bits per heavy atom. The predicted molar refractivity (Wildman–Crippen MR) is 144 cm³/mol. The van der Waals surface area contributed by atoms with E-state index in [0.29, 0.717) is 44.5 Å². The van der Waals surface area contributed by atoms with Crippen LogP contribution in [0.1, 0.15) is 59.3 Å². The number of fused-ring (bicyclic) bond motifs is 3. The number of piperazine rings is 1. The van der Waals surface area contributed by atoms with Crippen LogP contribution >= 0.6 is 0 Å². The summed E-state index contributed by atoms with van der Waals surface area (Å²) in [6, 6.07) is 0.144. The minimum atomic E-state index is -1.15. The molecule has 5 saturated heterocycles. The highest BCUT2D eigenvalue weighted by Crippen LogP contribution is 2.39. The maximum Gasteiger partial charge on any atom is 0.320 e. The standard InChI is InChI=1S/C28H47FN6O3/c1-5-22(36)33-12-13-34(18(4)16-33)25-20-15-21(29)27-31-26(20)35(28(37)32-25)24-19(9-7-6-8-14-38-27)10-11-30-23(24)17(2)3/h5,17-21,23-27,30-31H,1,6-16H2,2-4H3,(H,32,37)/t18-,19?,20?,21?,23?,24?,25?,26?,27?/m0/s1. The van der Waals surface area contributed by atoms with Gasteiger partial charge in [0, 0.05) is 44.2 Å². The van der Waals surface area contributed by atoms with Gasteiger partial charge in [-0.2, -0.15) is 0 Å². The number of urea groups is 1. The summed E-state index contributed by atoms with van der Waals surface area (Å²) >= 11 is 0. The molecule has 5 fully saturated rings. The van der Waals surface area contributed by atoms with E-state index in [2.05, 4.69) is 48.2 Å². The predicted octanol–water partition coefficient (Wildman–Crippen LogP) is 2.25. The van der Waals surface area contributed by atoms with Crippen molar-refractivity contribution in [2.24, 2.45) is 17.8 Å². The molecular weight excluding hydrogens is 487 g/mol. The average molecular weight is 535 g/mol. The highest BCUT2D eigenvalue weighted by atomic mass is 19.1. The number of hydrogen-bond donors (Lipinski definition) is 3. The minimum Gasteiger partial charge on any atom is -0.360 e. The van der Waals surface area contributed by atoms with Crippen LogP contribution in [0.5, 0.6) is 0 Å². The maximum atomic E-state index is 15.6. The van der Waals surface area contributed by atoms with Crippen LogP contribution in [0.15, 0.2) is 12.7 Å². The molecule has 38 heavy (non-hydrogen) atoms. The summed E-state index contributed by atoms with van der Waals surface area (Å²) in [6.07, 6.45) is 4.40. The molecule has 0 aliphatic carbocycles. The van der Waals surface area contributed by atoms with Crippen molar-refractivity contribution >= 4 is 11.9 Å². The van der Waals surface area contributed by atoms with E-state index in [1.165, 1.54) is 6.08 Å². The Labute approximate surface area is 226 Å². The zero-order valence-corrected chi connectivity index (χ0v) is 23.3. The van der Waals surface area contributed by atoms with E-state index in [9.17, 15) is 9.59 Å². The topological polar surface area (TPSA) is 89.2 Å². The lowest BCUT2D eigenvalue weighted by molar-refractivity contribution is -0.140. The van der Waals surface area contributed by atoms with E-state index in [1.54, 1.807) is 4.90 Å². The van der Waals surface area contributed by atoms with Gasteiger partial charge in [0.05, 0.1) is 18.4 Å². The van der Waals surface area contributed by atoms with Crippen molar-refractivity contribution in [3.63, 3.8) is 0 Å². The number of hydrogen-bond acceptors (Lipinski definition) is 6. The summed E-state index contributed by atoms with van der Waals surface area (Å²) in [7, 11) is 0. The Balaban J connectivity index is 1.47. The number of carbonyl (C=O) groups is 2. The second kappa shape index (κ2) is 11.8. The lowest BCUT2D eigenvalue weighted by atomic mass is 9.76. The SMILES string of the molecule is C=CC(=O)N1CCN(C2NC(=O)N3C4NC(OCCCCCC5CCNC(C(C)C)C53)C(F)CC42)[C@@H](C)C1. The first kappa shape index (κ1) is 27.8. The van der Waals surface area contributed by atoms with Gasteiger partial charge in [0.2, 0.25) is 5.91 Å². The van der Waals surface area contributed by atoms with Crippen LogP contribution in [0.25, 0.3) is 0 Å². The Morgan fingerprint density at radius 3 is 2.74 bits per heavy atom. The van der Waals surface area contributed by atoms with Crippen molar-refractivity contribution < 1.29 is 18.7 Å². The van der Waals surface area contributed by atoms with Crippen molar-refractivity contribution in [1.82, 2.24) is 30.7 Å². The smallest absolute Gasteiger partial charge is 0.320 e. The number of rotatable bonds is 3. The Bertz CT molecular complexity index is 876. The number of nitrogens with zero attached hydrogens (tertiary/aromatic N) is 3. The summed E-state index contributed by atoms with van der Waals surface area (Å²) in [6.45, 7) is 13.4. The zero-order chi connectivity index (χ0) is 27.0. The number of amides is 3. The second-order valence-corrected chi connectivity index (χ2v) is 12.3. The van der Waals surface area contributed by atoms with Gasteiger partial charge in [0.25, 0.3) is 0 Å². The molecule has 2 bridgehead atoms. The number of ether oxygens (including phenoxy) is 1. The molecule has 5 aliphatic heterocycles. The molecule has 5 rings (SSSR count). The Kier molecular flexibility index (Phi) is 8.62. The van der Waals surface area contributed by atoms with Gasteiger partial charge in [0.15, 0.2) is 0 Å². The highest BCUT2D eigenvalue weighted by Gasteiger charge is 2.55. The van der Waals surface area contributed by atoms with Gasteiger partial charge >= 0.3 is 6.03 Å².